The van der Waals surface area contributed by atoms with Crippen molar-refractivity contribution < 1.29 is 23.9 Å². The first-order valence-corrected chi connectivity index (χ1v) is 11.2. The lowest BCUT2D eigenvalue weighted by atomic mass is 9.83. The van der Waals surface area contributed by atoms with E-state index in [0.717, 1.165) is 11.1 Å². The molecule has 0 fully saturated rings. The minimum absolute atomic E-state index is 0.0278. The highest BCUT2D eigenvalue weighted by molar-refractivity contribution is 7.80. The fourth-order valence-corrected chi connectivity index (χ4v) is 4.10. The summed E-state index contributed by atoms with van der Waals surface area (Å²) in [5, 5.41) is 0. The number of thiocarbonyl (C=S) groups is 1. The second-order valence-corrected chi connectivity index (χ2v) is 8.61. The summed E-state index contributed by atoms with van der Waals surface area (Å²) in [6, 6.07) is 16.0. The standard InChI is InChI=1S/C26H24N2O5S/c27-26(34)21-11-8-19-12-28(13-22(19)25(21)31)14-23(29)18-6-9-20(10-7-18)32-16-24(30)33-15-17-4-2-1-3-5-17/h1-12,21-22H,13-16H2,(H2,27,34). The molecule has 2 aliphatic rings. The minimum atomic E-state index is -0.545. The predicted molar refractivity (Wildman–Crippen MR) is 130 cm³/mol. The zero-order chi connectivity index (χ0) is 24.1. The highest BCUT2D eigenvalue weighted by Gasteiger charge is 2.37. The average Bonchev–Trinajstić information content (AvgIpc) is 3.26. The van der Waals surface area contributed by atoms with E-state index in [-0.39, 0.29) is 42.2 Å². The largest absolute Gasteiger partial charge is 0.482 e. The van der Waals surface area contributed by atoms with Crippen molar-refractivity contribution in [3.8, 4) is 5.75 Å². The van der Waals surface area contributed by atoms with E-state index < -0.39 is 11.9 Å². The Kier molecular flexibility index (Phi) is 7.18. The van der Waals surface area contributed by atoms with Crippen molar-refractivity contribution in [2.45, 2.75) is 6.61 Å². The topological polar surface area (TPSA) is 98.9 Å². The van der Waals surface area contributed by atoms with Crippen molar-refractivity contribution in [1.29, 1.82) is 0 Å². The highest BCUT2D eigenvalue weighted by Crippen LogP contribution is 2.31. The molecule has 0 saturated carbocycles. The van der Waals surface area contributed by atoms with Crippen molar-refractivity contribution in [1.82, 2.24) is 4.90 Å². The Labute approximate surface area is 202 Å². The third kappa shape index (κ3) is 5.58. The van der Waals surface area contributed by atoms with Gasteiger partial charge in [-0.3, -0.25) is 9.59 Å². The van der Waals surface area contributed by atoms with Crippen molar-refractivity contribution in [3.05, 3.63) is 89.6 Å². The zero-order valence-electron chi connectivity index (χ0n) is 18.4. The molecule has 0 bridgehead atoms. The van der Waals surface area contributed by atoms with Crippen LogP contribution in [0.2, 0.25) is 0 Å². The second-order valence-electron chi connectivity index (χ2n) is 8.14. The molecule has 174 valence electrons. The van der Waals surface area contributed by atoms with Gasteiger partial charge in [-0.1, -0.05) is 54.7 Å². The van der Waals surface area contributed by atoms with Crippen LogP contribution in [0, 0.1) is 11.8 Å². The Morgan fingerprint density at radius 3 is 2.53 bits per heavy atom. The third-order valence-corrected chi connectivity index (χ3v) is 5.96. The van der Waals surface area contributed by atoms with Crippen LogP contribution in [0.4, 0.5) is 0 Å². The number of ketones is 2. The number of carbonyl (C=O) groups excluding carboxylic acids is 3. The molecule has 2 unspecified atom stereocenters. The van der Waals surface area contributed by atoms with Crippen LogP contribution in [-0.2, 0) is 20.9 Å². The van der Waals surface area contributed by atoms with Gasteiger partial charge in [-0.15, -0.1) is 0 Å². The maximum absolute atomic E-state index is 12.7. The van der Waals surface area contributed by atoms with Gasteiger partial charge in [-0.05, 0) is 35.4 Å². The Hall–Kier alpha value is -3.78. The van der Waals surface area contributed by atoms with Crippen LogP contribution in [0.3, 0.4) is 0 Å². The number of benzene rings is 2. The van der Waals surface area contributed by atoms with E-state index >= 15 is 0 Å². The molecule has 1 aliphatic carbocycles. The number of ether oxygens (including phenoxy) is 2. The third-order valence-electron chi connectivity index (χ3n) is 5.71. The molecule has 2 N–H and O–H groups in total. The normalized spacial score (nSPS) is 18.8. The van der Waals surface area contributed by atoms with Crippen LogP contribution in [0.25, 0.3) is 0 Å². The van der Waals surface area contributed by atoms with Crippen LogP contribution in [0.15, 0.2) is 78.5 Å². The van der Waals surface area contributed by atoms with E-state index in [9.17, 15) is 14.4 Å². The first-order chi connectivity index (χ1) is 16.4. The Balaban J connectivity index is 1.25. The van der Waals surface area contributed by atoms with Gasteiger partial charge in [-0.2, -0.15) is 0 Å². The summed E-state index contributed by atoms with van der Waals surface area (Å²) < 4.78 is 10.6. The molecule has 34 heavy (non-hydrogen) atoms. The molecule has 4 rings (SSSR count). The predicted octanol–water partition coefficient (Wildman–Crippen LogP) is 2.85. The van der Waals surface area contributed by atoms with Crippen molar-refractivity contribution in [3.63, 3.8) is 0 Å². The number of esters is 1. The first kappa shape index (κ1) is 23.4. The molecule has 0 radical (unpaired) electrons. The zero-order valence-corrected chi connectivity index (χ0v) is 19.2. The molecule has 0 aromatic heterocycles. The van der Waals surface area contributed by atoms with Gasteiger partial charge >= 0.3 is 5.97 Å². The average molecular weight is 477 g/mol. The Bertz CT molecular complexity index is 1160. The van der Waals surface area contributed by atoms with E-state index in [4.69, 9.17) is 27.4 Å². The number of allylic oxidation sites excluding steroid dienone is 1. The molecular weight excluding hydrogens is 452 g/mol. The molecule has 2 aromatic rings. The van der Waals surface area contributed by atoms with E-state index in [1.54, 1.807) is 30.3 Å². The number of Topliss-reactive ketones (excluding diaryl/α,β-unsaturated/α-hetero) is 2. The summed E-state index contributed by atoms with van der Waals surface area (Å²) in [6.07, 6.45) is 5.41. The van der Waals surface area contributed by atoms with Crippen LogP contribution in [0.1, 0.15) is 15.9 Å². The molecule has 7 nitrogen and oxygen atoms in total. The van der Waals surface area contributed by atoms with Gasteiger partial charge in [0.2, 0.25) is 0 Å². The van der Waals surface area contributed by atoms with Gasteiger partial charge in [-0.25, -0.2) is 4.79 Å². The summed E-state index contributed by atoms with van der Waals surface area (Å²) in [7, 11) is 0. The smallest absolute Gasteiger partial charge is 0.344 e. The van der Waals surface area contributed by atoms with Gasteiger partial charge in [0.15, 0.2) is 18.2 Å². The summed E-state index contributed by atoms with van der Waals surface area (Å²) in [5.41, 5.74) is 7.93. The summed E-state index contributed by atoms with van der Waals surface area (Å²) in [6.45, 7) is 0.531. The Morgan fingerprint density at radius 1 is 1.09 bits per heavy atom. The number of hydrogen-bond acceptors (Lipinski definition) is 7. The lowest BCUT2D eigenvalue weighted by Crippen LogP contribution is -2.37. The maximum Gasteiger partial charge on any atom is 0.344 e. The van der Waals surface area contributed by atoms with Gasteiger partial charge < -0.3 is 20.1 Å². The molecule has 2 atom stereocenters. The molecular formula is C26H24N2O5S. The minimum Gasteiger partial charge on any atom is -0.482 e. The summed E-state index contributed by atoms with van der Waals surface area (Å²) in [4.78, 5) is 39.2. The van der Waals surface area contributed by atoms with E-state index in [1.807, 2.05) is 47.5 Å². The van der Waals surface area contributed by atoms with Crippen LogP contribution < -0.4 is 10.5 Å². The molecule has 1 heterocycles. The second kappa shape index (κ2) is 10.4. The van der Waals surface area contributed by atoms with Crippen LogP contribution >= 0.6 is 12.2 Å². The number of rotatable bonds is 9. The lowest BCUT2D eigenvalue weighted by molar-refractivity contribution is -0.147. The van der Waals surface area contributed by atoms with Gasteiger partial charge in [0, 0.05) is 18.3 Å². The maximum atomic E-state index is 12.7. The van der Waals surface area contributed by atoms with E-state index in [2.05, 4.69) is 0 Å². The summed E-state index contributed by atoms with van der Waals surface area (Å²) in [5.74, 6) is -1.000. The lowest BCUT2D eigenvalue weighted by Gasteiger charge is -2.22. The summed E-state index contributed by atoms with van der Waals surface area (Å²) >= 11 is 4.98. The SMILES string of the molecule is NC(=S)C1C=CC2=CN(CC(=O)c3ccc(OCC(=O)OCc4ccccc4)cc3)CC2C1=O. The van der Waals surface area contributed by atoms with Crippen LogP contribution in [0.5, 0.6) is 5.75 Å². The monoisotopic (exact) mass is 476 g/mol. The van der Waals surface area contributed by atoms with Crippen LogP contribution in [-0.4, -0.2) is 47.1 Å². The number of carbonyl (C=O) groups is 3. The van der Waals surface area contributed by atoms with Gasteiger partial charge in [0.05, 0.1) is 23.4 Å². The van der Waals surface area contributed by atoms with E-state index in [1.165, 1.54) is 0 Å². The highest BCUT2D eigenvalue weighted by atomic mass is 32.1. The first-order valence-electron chi connectivity index (χ1n) is 10.8. The fourth-order valence-electron chi connectivity index (χ4n) is 3.91. The van der Waals surface area contributed by atoms with Gasteiger partial charge in [0.1, 0.15) is 12.4 Å². The molecule has 2 aromatic carbocycles. The Morgan fingerprint density at radius 2 is 1.82 bits per heavy atom. The van der Waals surface area contributed by atoms with Crippen molar-refractivity contribution >= 4 is 34.7 Å². The van der Waals surface area contributed by atoms with Crippen molar-refractivity contribution in [2.75, 3.05) is 19.7 Å². The van der Waals surface area contributed by atoms with E-state index in [0.29, 0.717) is 17.9 Å². The molecule has 0 saturated heterocycles. The number of fused-ring (bicyclic) bond motifs is 1. The molecule has 0 amide bonds. The van der Waals surface area contributed by atoms with Gasteiger partial charge in [0.25, 0.3) is 0 Å². The molecule has 0 spiro atoms. The number of nitrogens with zero attached hydrogens (tertiary/aromatic N) is 1. The number of hydrogen-bond donors (Lipinski definition) is 1. The fraction of sp³-hybridized carbons (Fsp3) is 0.231. The number of nitrogens with two attached hydrogens (primary N) is 1. The quantitative estimate of drug-likeness (QED) is 0.335. The molecule has 8 heteroatoms. The van der Waals surface area contributed by atoms with Crippen molar-refractivity contribution in [2.24, 2.45) is 17.6 Å². The molecule has 1 aliphatic heterocycles.